The average Bonchev–Trinajstić information content (AvgIpc) is 3.37. The minimum absolute atomic E-state index is 0.114. The van der Waals surface area contributed by atoms with Crippen molar-refractivity contribution in [3.8, 4) is 16.9 Å². The van der Waals surface area contributed by atoms with E-state index in [1.165, 1.54) is 29.2 Å². The molecule has 3 aromatic rings. The third-order valence-electron chi connectivity index (χ3n) is 5.31. The van der Waals surface area contributed by atoms with E-state index in [9.17, 15) is 14.6 Å². The Morgan fingerprint density at radius 1 is 1.26 bits per heavy atom. The number of anilines is 1. The van der Waals surface area contributed by atoms with Crippen LogP contribution in [0.25, 0.3) is 11.1 Å². The average molecular weight is 513 g/mol. The van der Waals surface area contributed by atoms with Gasteiger partial charge in [0, 0.05) is 46.7 Å². The van der Waals surface area contributed by atoms with Gasteiger partial charge in [-0.1, -0.05) is 37.0 Å². The molecule has 3 unspecified atom stereocenters. The molecule has 0 aliphatic carbocycles. The number of aromatic nitrogens is 3. The molecule has 12 heteroatoms. The summed E-state index contributed by atoms with van der Waals surface area (Å²) in [6.07, 6.45) is 3.94. The van der Waals surface area contributed by atoms with Gasteiger partial charge >= 0.3 is 0 Å². The fourth-order valence-corrected chi connectivity index (χ4v) is 4.35. The maximum atomic E-state index is 13.9. The van der Waals surface area contributed by atoms with E-state index < -0.39 is 29.9 Å². The molecule has 0 bridgehead atoms. The minimum Gasteiger partial charge on any atom is -0.482 e. The van der Waals surface area contributed by atoms with E-state index in [4.69, 9.17) is 39.4 Å². The van der Waals surface area contributed by atoms with Crippen molar-refractivity contribution in [1.29, 1.82) is 0 Å². The van der Waals surface area contributed by atoms with E-state index in [1.807, 2.05) is 13.8 Å². The number of rotatable bonds is 5. The van der Waals surface area contributed by atoms with Crippen LogP contribution in [0.3, 0.4) is 0 Å². The van der Waals surface area contributed by atoms with Crippen molar-refractivity contribution >= 4 is 29.0 Å². The number of aliphatic hydroxyl groups is 2. The molecule has 184 valence electrons. The number of benzene rings is 1. The van der Waals surface area contributed by atoms with Crippen molar-refractivity contribution in [2.45, 2.75) is 44.9 Å². The molecule has 1 aliphatic rings. The molecule has 0 radical (unpaired) electrons. The maximum absolute atomic E-state index is 13.9. The van der Waals surface area contributed by atoms with E-state index in [1.54, 1.807) is 19.2 Å². The second-order valence-electron chi connectivity index (χ2n) is 7.55. The lowest BCUT2D eigenvalue weighted by molar-refractivity contribution is -0.199. The number of ether oxygens (including phenoxy) is 1. The summed E-state index contributed by atoms with van der Waals surface area (Å²) < 4.78 is 21.2. The second-order valence-corrected chi connectivity index (χ2v) is 8.33. The molecule has 3 atom stereocenters. The van der Waals surface area contributed by atoms with Gasteiger partial charge in [0.1, 0.15) is 18.0 Å². The molecule has 0 amide bonds. The lowest BCUT2D eigenvalue weighted by atomic mass is 10.1. The van der Waals surface area contributed by atoms with Crippen LogP contribution in [0.5, 0.6) is 5.75 Å². The zero-order chi connectivity index (χ0) is 25.2. The van der Waals surface area contributed by atoms with Gasteiger partial charge < -0.3 is 26.4 Å². The summed E-state index contributed by atoms with van der Waals surface area (Å²) in [5.74, 6) is -2.45. The van der Waals surface area contributed by atoms with E-state index in [-0.39, 0.29) is 33.7 Å². The molecule has 0 saturated carbocycles. The third kappa shape index (κ3) is 5.12. The predicted octanol–water partition coefficient (Wildman–Crippen LogP) is 3.25. The molecule has 4 rings (SSSR count). The molecule has 1 aliphatic heterocycles. The van der Waals surface area contributed by atoms with Gasteiger partial charge in [0.2, 0.25) is 5.91 Å². The molecule has 9 nitrogen and oxygen atoms in total. The van der Waals surface area contributed by atoms with E-state index in [0.717, 1.165) is 0 Å². The van der Waals surface area contributed by atoms with Crippen LogP contribution < -0.4 is 21.5 Å². The first kappa shape index (κ1) is 26.1. The van der Waals surface area contributed by atoms with Crippen molar-refractivity contribution in [3.05, 3.63) is 58.2 Å². The zero-order valence-electron chi connectivity index (χ0n) is 18.8. The first-order chi connectivity index (χ1) is 16.1. The number of pyridine rings is 1. The fourth-order valence-electron chi connectivity index (χ4n) is 3.67. The summed E-state index contributed by atoms with van der Waals surface area (Å²) in [4.78, 5) is 4.15. The topological polar surface area (TPSA) is 144 Å². The van der Waals surface area contributed by atoms with Gasteiger partial charge in [-0.3, -0.25) is 10.00 Å². The van der Waals surface area contributed by atoms with Crippen molar-refractivity contribution in [2.75, 3.05) is 12.3 Å². The highest BCUT2D eigenvalue weighted by Gasteiger charge is 2.46. The molecule has 1 fully saturated rings. The highest BCUT2D eigenvalue weighted by Crippen LogP contribution is 2.37. The Morgan fingerprint density at radius 3 is 2.62 bits per heavy atom. The molecular weight excluding hydrogens is 486 g/mol. The van der Waals surface area contributed by atoms with Crippen LogP contribution in [0.2, 0.25) is 10.0 Å². The monoisotopic (exact) mass is 512 g/mol. The second kappa shape index (κ2) is 10.4. The van der Waals surface area contributed by atoms with Gasteiger partial charge in [0.25, 0.3) is 0 Å². The van der Waals surface area contributed by atoms with Crippen LogP contribution in [0.1, 0.15) is 38.5 Å². The van der Waals surface area contributed by atoms with Crippen LogP contribution in [0, 0.1) is 5.82 Å². The summed E-state index contributed by atoms with van der Waals surface area (Å²) in [6.45, 7) is 5.88. The van der Waals surface area contributed by atoms with Crippen molar-refractivity contribution in [3.63, 3.8) is 0 Å². The molecule has 34 heavy (non-hydrogen) atoms. The van der Waals surface area contributed by atoms with Crippen LogP contribution in [0.15, 0.2) is 36.8 Å². The number of halogens is 3. The van der Waals surface area contributed by atoms with Crippen molar-refractivity contribution in [1.82, 2.24) is 20.1 Å². The highest BCUT2D eigenvalue weighted by molar-refractivity contribution is 6.36. The number of nitrogens with one attached hydrogen (secondary N) is 1. The number of nitrogens with two attached hydrogens (primary N) is 2. The van der Waals surface area contributed by atoms with Crippen molar-refractivity contribution in [2.24, 2.45) is 5.73 Å². The lowest BCUT2D eigenvalue weighted by Gasteiger charge is -2.25. The Kier molecular flexibility index (Phi) is 8.02. The van der Waals surface area contributed by atoms with Crippen LogP contribution in [-0.2, 0) is 0 Å². The predicted molar refractivity (Wildman–Crippen MR) is 129 cm³/mol. The summed E-state index contributed by atoms with van der Waals surface area (Å²) in [5.41, 5.74) is 13.5. The van der Waals surface area contributed by atoms with Gasteiger partial charge in [-0.15, -0.1) is 0 Å². The quantitative estimate of drug-likeness (QED) is 0.258. The maximum Gasteiger partial charge on any atom is 0.247 e. The van der Waals surface area contributed by atoms with Gasteiger partial charge in [0.15, 0.2) is 11.6 Å². The molecule has 1 aromatic carbocycles. The first-order valence-electron chi connectivity index (χ1n) is 10.6. The third-order valence-corrected chi connectivity index (χ3v) is 6.02. The largest absolute Gasteiger partial charge is 0.482 e. The van der Waals surface area contributed by atoms with E-state index in [0.29, 0.717) is 11.1 Å². The van der Waals surface area contributed by atoms with Crippen LogP contribution >= 0.6 is 23.2 Å². The van der Waals surface area contributed by atoms with Gasteiger partial charge in [-0.05, 0) is 25.1 Å². The molecule has 3 heterocycles. The molecule has 0 spiro atoms. The normalized spacial score (nSPS) is 19.9. The molecule has 7 N–H and O–H groups in total. The Bertz CT molecular complexity index is 1160. The summed E-state index contributed by atoms with van der Waals surface area (Å²) in [5, 5.41) is 27.1. The summed E-state index contributed by atoms with van der Waals surface area (Å²) >= 11 is 12.3. The molecular formula is C22H27Cl2FN6O3. The number of nitrogen functional groups attached to an aromatic ring is 1. The number of hydrogen-bond acceptors (Lipinski definition) is 8. The Hall–Kier alpha value is -2.47. The zero-order valence-corrected chi connectivity index (χ0v) is 20.3. The van der Waals surface area contributed by atoms with E-state index >= 15 is 0 Å². The van der Waals surface area contributed by atoms with E-state index in [2.05, 4.69) is 15.4 Å². The summed E-state index contributed by atoms with van der Waals surface area (Å²) in [7, 11) is 0. The number of nitrogens with zero attached hydrogens (tertiary/aromatic N) is 3. The Labute approximate surface area is 206 Å². The lowest BCUT2D eigenvalue weighted by Crippen LogP contribution is -2.47. The molecule has 2 aromatic heterocycles. The van der Waals surface area contributed by atoms with Gasteiger partial charge in [-0.2, -0.15) is 5.10 Å². The molecule has 1 saturated heterocycles. The SMILES string of the molecule is CC.CC(Oc1cc(-c2cnn(C3C(N)CNC3(O)O)c2)cnc1N)c1c(Cl)ccc(F)c1Cl. The van der Waals surface area contributed by atoms with Gasteiger partial charge in [-0.25, -0.2) is 9.37 Å². The Balaban J connectivity index is 0.00000158. The van der Waals surface area contributed by atoms with Crippen molar-refractivity contribution < 1.29 is 19.3 Å². The van der Waals surface area contributed by atoms with Crippen LogP contribution in [0.4, 0.5) is 10.2 Å². The summed E-state index contributed by atoms with van der Waals surface area (Å²) in [6, 6.07) is 2.77. The first-order valence-corrected chi connectivity index (χ1v) is 11.4. The highest BCUT2D eigenvalue weighted by atomic mass is 35.5. The smallest absolute Gasteiger partial charge is 0.247 e. The number of hydrogen-bond donors (Lipinski definition) is 5. The minimum atomic E-state index is -2.19. The van der Waals surface area contributed by atoms with Crippen LogP contribution in [-0.4, -0.2) is 43.5 Å². The Morgan fingerprint density at radius 2 is 1.97 bits per heavy atom. The fraction of sp³-hybridized carbons (Fsp3) is 0.364. The standard InChI is InChI=1S/C20H21Cl2FN6O3.C2H6/c1-9(16-12(21)2-3-13(23)17(16)22)32-15-4-10(5-26-19(15)25)11-6-28-29(8-11)18-14(24)7-27-20(18,30)31;1-2/h2-6,8-9,14,18,27,30-31H,7,24H2,1H3,(H2,25,26);1-2H3. The van der Waals surface area contributed by atoms with Gasteiger partial charge in [0.05, 0.1) is 11.2 Å².